The Hall–Kier alpha value is -4.09. The van der Waals surface area contributed by atoms with Crippen LogP contribution >= 0.6 is 11.8 Å². The van der Waals surface area contributed by atoms with Gasteiger partial charge in [-0.3, -0.25) is 14.3 Å². The number of anilines is 2. The van der Waals surface area contributed by atoms with Gasteiger partial charge in [-0.25, -0.2) is 0 Å². The predicted octanol–water partition coefficient (Wildman–Crippen LogP) is 3.45. The zero-order valence-electron chi connectivity index (χ0n) is 20.0. The van der Waals surface area contributed by atoms with Gasteiger partial charge < -0.3 is 10.2 Å². The van der Waals surface area contributed by atoms with Crippen molar-refractivity contribution in [1.29, 1.82) is 5.26 Å². The Bertz CT molecular complexity index is 1500. The SMILES string of the molecule is CN(C)c1ccc(NC(=O)C(C#N)C(=O)c2nn(C3C=CCC=C3)c3c2=CSC2=CC=CCC=32)cc1. The van der Waals surface area contributed by atoms with Crippen LogP contribution in [0.25, 0.3) is 11.0 Å². The van der Waals surface area contributed by atoms with Crippen molar-refractivity contribution in [1.82, 2.24) is 9.78 Å². The molecule has 5 rings (SSSR count). The minimum absolute atomic E-state index is 0.144. The van der Waals surface area contributed by atoms with E-state index in [9.17, 15) is 14.9 Å². The van der Waals surface area contributed by atoms with Crippen molar-refractivity contribution < 1.29 is 9.59 Å². The van der Waals surface area contributed by atoms with Crippen molar-refractivity contribution in [2.24, 2.45) is 5.92 Å². The van der Waals surface area contributed by atoms with E-state index >= 15 is 0 Å². The minimum atomic E-state index is -1.52. The molecule has 2 aliphatic carbocycles. The Labute approximate surface area is 213 Å². The summed E-state index contributed by atoms with van der Waals surface area (Å²) in [5, 5.41) is 20.7. The van der Waals surface area contributed by atoms with Gasteiger partial charge in [0.1, 0.15) is 5.69 Å². The number of hydrogen-bond acceptors (Lipinski definition) is 6. The topological polar surface area (TPSA) is 91.0 Å². The molecular formula is C28H25N5O2S. The number of Topliss-reactive ketones (excluding diaryl/α,β-unsaturated/α-hetero) is 1. The molecule has 0 saturated carbocycles. The van der Waals surface area contributed by atoms with E-state index in [4.69, 9.17) is 5.10 Å². The van der Waals surface area contributed by atoms with Crippen LogP contribution in [-0.2, 0) is 4.79 Å². The number of thioether (sulfide) groups is 1. The number of benzene rings is 1. The maximum atomic E-state index is 13.6. The lowest BCUT2D eigenvalue weighted by atomic mass is 10.00. The molecule has 1 aliphatic heterocycles. The molecule has 7 nitrogen and oxygen atoms in total. The number of aromatic nitrogens is 2. The highest BCUT2D eigenvalue weighted by atomic mass is 32.2. The van der Waals surface area contributed by atoms with Crippen LogP contribution in [0.15, 0.2) is 71.7 Å². The molecule has 1 unspecified atom stereocenters. The molecule has 0 spiro atoms. The molecule has 0 saturated heterocycles. The fraction of sp³-hybridized carbons (Fsp3) is 0.214. The van der Waals surface area contributed by atoms with E-state index in [0.717, 1.165) is 34.4 Å². The molecular weight excluding hydrogens is 470 g/mol. The monoisotopic (exact) mass is 495 g/mol. The van der Waals surface area contributed by atoms with E-state index in [1.54, 1.807) is 12.1 Å². The third-order valence-corrected chi connectivity index (χ3v) is 7.29. The van der Waals surface area contributed by atoms with Gasteiger partial charge in [-0.15, -0.1) is 0 Å². The van der Waals surface area contributed by atoms with Gasteiger partial charge in [-0.05, 0) is 54.2 Å². The Morgan fingerprint density at radius 3 is 2.64 bits per heavy atom. The van der Waals surface area contributed by atoms with E-state index in [-0.39, 0.29) is 11.7 Å². The number of rotatable bonds is 6. The highest BCUT2D eigenvalue weighted by Gasteiger charge is 2.33. The maximum Gasteiger partial charge on any atom is 0.249 e. The molecule has 0 radical (unpaired) electrons. The Kier molecular flexibility index (Phi) is 6.49. The summed E-state index contributed by atoms with van der Waals surface area (Å²) in [6.45, 7) is 0. The van der Waals surface area contributed by atoms with Gasteiger partial charge in [0, 0.05) is 35.6 Å². The highest BCUT2D eigenvalue weighted by molar-refractivity contribution is 8.10. The molecule has 0 fully saturated rings. The van der Waals surface area contributed by atoms with Crippen LogP contribution in [0.1, 0.15) is 29.4 Å². The molecule has 1 aromatic heterocycles. The van der Waals surface area contributed by atoms with Crippen LogP contribution in [-0.4, -0.2) is 35.6 Å². The largest absolute Gasteiger partial charge is 0.378 e. The second-order valence-corrected chi connectivity index (χ2v) is 9.78. The summed E-state index contributed by atoms with van der Waals surface area (Å²) in [4.78, 5) is 29.7. The number of amides is 1. The van der Waals surface area contributed by atoms with Gasteiger partial charge in [0.2, 0.25) is 11.7 Å². The summed E-state index contributed by atoms with van der Waals surface area (Å²) in [6, 6.07) is 8.97. The number of ketones is 1. The molecule has 3 aliphatic rings. The molecule has 2 aromatic rings. The van der Waals surface area contributed by atoms with Gasteiger partial charge >= 0.3 is 0 Å². The van der Waals surface area contributed by atoms with Crippen molar-refractivity contribution in [2.75, 3.05) is 24.3 Å². The van der Waals surface area contributed by atoms with Gasteiger partial charge in [0.25, 0.3) is 0 Å². The molecule has 1 aromatic carbocycles. The Morgan fingerprint density at radius 2 is 1.94 bits per heavy atom. The molecule has 0 bridgehead atoms. The lowest BCUT2D eigenvalue weighted by molar-refractivity contribution is -0.117. The van der Waals surface area contributed by atoms with Crippen LogP contribution in [0.4, 0.5) is 11.4 Å². The first-order valence-electron chi connectivity index (χ1n) is 11.7. The molecule has 8 heteroatoms. The van der Waals surface area contributed by atoms with Gasteiger partial charge in [-0.2, -0.15) is 10.4 Å². The summed E-state index contributed by atoms with van der Waals surface area (Å²) in [7, 11) is 3.85. The van der Waals surface area contributed by atoms with Gasteiger partial charge in [0.15, 0.2) is 5.92 Å². The summed E-state index contributed by atoms with van der Waals surface area (Å²) in [5.74, 6) is -2.79. The molecule has 1 N–H and O–H groups in total. The zero-order valence-corrected chi connectivity index (χ0v) is 20.8. The van der Waals surface area contributed by atoms with Crippen molar-refractivity contribution >= 4 is 45.8 Å². The van der Waals surface area contributed by atoms with Gasteiger partial charge in [0.05, 0.1) is 17.5 Å². The molecule has 1 atom stereocenters. The third-order valence-electron chi connectivity index (χ3n) is 6.30. The quantitative estimate of drug-likeness (QED) is 0.375. The lowest BCUT2D eigenvalue weighted by Crippen LogP contribution is -2.38. The number of nitriles is 1. The van der Waals surface area contributed by atoms with E-state index in [0.29, 0.717) is 10.9 Å². The number of nitrogens with zero attached hydrogens (tertiary/aromatic N) is 4. The van der Waals surface area contributed by atoms with Crippen molar-refractivity contribution in [2.45, 2.75) is 18.9 Å². The summed E-state index contributed by atoms with van der Waals surface area (Å²) >= 11 is 1.53. The average Bonchev–Trinajstić information content (AvgIpc) is 3.30. The second-order valence-electron chi connectivity index (χ2n) is 8.87. The average molecular weight is 496 g/mol. The van der Waals surface area contributed by atoms with Crippen LogP contribution < -0.4 is 20.8 Å². The van der Waals surface area contributed by atoms with Crippen molar-refractivity contribution in [3.05, 3.63) is 88.0 Å². The summed E-state index contributed by atoms with van der Waals surface area (Å²) in [6.07, 6.45) is 16.0. The first kappa shape index (κ1) is 23.6. The number of hydrogen-bond donors (Lipinski definition) is 1. The smallest absolute Gasteiger partial charge is 0.249 e. The molecule has 1 amide bonds. The second kappa shape index (κ2) is 9.88. The standard InChI is InChI=1S/C28H25N5O2S/c1-32(2)19-14-12-18(13-15-19)30-28(35)22(16-29)27(34)25-23-17-36-24-11-7-6-10-21(24)26(23)33(31-25)20-8-4-3-5-9-20/h4-9,11-15,17,20,22H,3,10H2,1-2H3,(H,30,35). The number of allylic oxidation sites excluding steroid dienone is 8. The van der Waals surface area contributed by atoms with E-state index in [2.05, 4.69) is 41.8 Å². The minimum Gasteiger partial charge on any atom is -0.378 e. The molecule has 180 valence electrons. The van der Waals surface area contributed by atoms with Crippen LogP contribution in [0.3, 0.4) is 0 Å². The molecule has 2 heterocycles. The fourth-order valence-electron chi connectivity index (χ4n) is 4.42. The lowest BCUT2D eigenvalue weighted by Gasteiger charge is -2.18. The Balaban J connectivity index is 1.52. The van der Waals surface area contributed by atoms with Gasteiger partial charge in [-0.1, -0.05) is 48.2 Å². The summed E-state index contributed by atoms with van der Waals surface area (Å²) < 4.78 is 1.85. The number of carbonyl (C=O) groups excluding carboxylic acids is 2. The predicted molar refractivity (Wildman–Crippen MR) is 144 cm³/mol. The van der Waals surface area contributed by atoms with Crippen LogP contribution in [0.5, 0.6) is 0 Å². The molecule has 36 heavy (non-hydrogen) atoms. The number of carbonyl (C=O) groups is 2. The summed E-state index contributed by atoms with van der Waals surface area (Å²) in [5.41, 5.74) is 2.74. The van der Waals surface area contributed by atoms with E-state index in [1.165, 1.54) is 11.8 Å². The highest BCUT2D eigenvalue weighted by Crippen LogP contribution is 2.33. The van der Waals surface area contributed by atoms with Crippen molar-refractivity contribution in [3.8, 4) is 6.07 Å². The fourth-order valence-corrected chi connectivity index (χ4v) is 5.37. The van der Waals surface area contributed by atoms with E-state index in [1.807, 2.05) is 53.4 Å². The maximum absolute atomic E-state index is 13.6. The normalized spacial score (nSPS) is 16.8. The van der Waals surface area contributed by atoms with E-state index < -0.39 is 17.6 Å². The first-order valence-corrected chi connectivity index (χ1v) is 12.6. The third kappa shape index (κ3) is 4.34. The zero-order chi connectivity index (χ0) is 25.2. The number of nitrogens with one attached hydrogen (secondary N) is 1. The van der Waals surface area contributed by atoms with Crippen LogP contribution in [0, 0.1) is 17.2 Å². The number of fused-ring (bicyclic) bond motifs is 2. The Morgan fingerprint density at radius 1 is 1.19 bits per heavy atom. The first-order chi connectivity index (χ1) is 17.5. The van der Waals surface area contributed by atoms with Crippen molar-refractivity contribution in [3.63, 3.8) is 0 Å². The van der Waals surface area contributed by atoms with Crippen LogP contribution in [0.2, 0.25) is 0 Å².